The Labute approximate surface area is 104 Å². The van der Waals surface area contributed by atoms with E-state index in [4.69, 9.17) is 0 Å². The highest BCUT2D eigenvalue weighted by molar-refractivity contribution is 5.00. The first-order chi connectivity index (χ1) is 8.00. The summed E-state index contributed by atoms with van der Waals surface area (Å²) in [7, 11) is 0. The highest BCUT2D eigenvalue weighted by Gasteiger charge is 2.21. The molecule has 0 radical (unpaired) electrons. The number of hydrogen-bond acceptors (Lipinski definition) is 3. The third-order valence-electron chi connectivity index (χ3n) is 2.86. The molecular weight excluding hydrogens is 214 g/mol. The minimum absolute atomic E-state index is 0.0424. The predicted molar refractivity (Wildman–Crippen MR) is 68.8 cm³/mol. The Hall–Kier alpha value is -0.900. The van der Waals surface area contributed by atoms with Crippen LogP contribution in [0.15, 0.2) is 0 Å². The molecule has 0 aromatic carbocycles. The molecule has 1 rings (SSSR count). The average molecular weight is 239 g/mol. The van der Waals surface area contributed by atoms with Crippen molar-refractivity contribution < 1.29 is 5.11 Å². The molecule has 0 aliphatic heterocycles. The van der Waals surface area contributed by atoms with Gasteiger partial charge in [0.1, 0.15) is 12.4 Å². The van der Waals surface area contributed by atoms with Crippen LogP contribution in [0.2, 0.25) is 0 Å². The first-order valence-corrected chi connectivity index (χ1v) is 6.55. The van der Waals surface area contributed by atoms with Crippen molar-refractivity contribution in [2.24, 2.45) is 0 Å². The minimum atomic E-state index is -0.0678. The van der Waals surface area contributed by atoms with Crippen LogP contribution in [0.3, 0.4) is 0 Å². The Kier molecular flexibility index (Phi) is 5.12. The van der Waals surface area contributed by atoms with Crippen LogP contribution >= 0.6 is 0 Å². The standard InChI is InChI=1S/C13H25N3O/c1-5-6-7-8-9-11-14-15-12(10-17)16(11)13(2,3)4/h17H,5-10H2,1-4H3. The van der Waals surface area contributed by atoms with Gasteiger partial charge in [0.05, 0.1) is 0 Å². The van der Waals surface area contributed by atoms with Crippen LogP contribution < -0.4 is 0 Å². The van der Waals surface area contributed by atoms with Gasteiger partial charge in [0.25, 0.3) is 0 Å². The van der Waals surface area contributed by atoms with Crippen molar-refractivity contribution in [2.45, 2.75) is 71.9 Å². The van der Waals surface area contributed by atoms with E-state index < -0.39 is 0 Å². The summed E-state index contributed by atoms with van der Waals surface area (Å²) in [5, 5.41) is 17.5. The molecule has 0 spiro atoms. The summed E-state index contributed by atoms with van der Waals surface area (Å²) in [5.74, 6) is 1.67. The molecule has 4 nitrogen and oxygen atoms in total. The normalized spacial score (nSPS) is 12.1. The lowest BCUT2D eigenvalue weighted by molar-refractivity contribution is 0.247. The molecule has 1 aromatic rings. The van der Waals surface area contributed by atoms with E-state index >= 15 is 0 Å². The van der Waals surface area contributed by atoms with Gasteiger partial charge < -0.3 is 9.67 Å². The van der Waals surface area contributed by atoms with Crippen molar-refractivity contribution in [3.8, 4) is 0 Å². The number of hydrogen-bond donors (Lipinski definition) is 1. The maximum absolute atomic E-state index is 9.28. The van der Waals surface area contributed by atoms with E-state index in [9.17, 15) is 5.11 Å². The van der Waals surface area contributed by atoms with Crippen LogP contribution in [0.25, 0.3) is 0 Å². The molecule has 0 amide bonds. The molecule has 1 N–H and O–H groups in total. The maximum atomic E-state index is 9.28. The molecule has 0 atom stereocenters. The van der Waals surface area contributed by atoms with E-state index in [0.29, 0.717) is 5.82 Å². The van der Waals surface area contributed by atoms with Crippen LogP contribution in [0.4, 0.5) is 0 Å². The quantitative estimate of drug-likeness (QED) is 0.776. The van der Waals surface area contributed by atoms with Gasteiger partial charge in [-0.1, -0.05) is 26.2 Å². The van der Waals surface area contributed by atoms with E-state index in [2.05, 4.69) is 42.5 Å². The van der Waals surface area contributed by atoms with Crippen LogP contribution in [0.5, 0.6) is 0 Å². The number of aryl methyl sites for hydroxylation is 1. The summed E-state index contributed by atoms with van der Waals surface area (Å²) in [4.78, 5) is 0. The van der Waals surface area contributed by atoms with Crippen LogP contribution in [-0.2, 0) is 18.6 Å². The average Bonchev–Trinajstić information content (AvgIpc) is 2.67. The smallest absolute Gasteiger partial charge is 0.159 e. The summed E-state index contributed by atoms with van der Waals surface area (Å²) in [6.45, 7) is 8.52. The van der Waals surface area contributed by atoms with Crippen molar-refractivity contribution in [1.82, 2.24) is 14.8 Å². The first kappa shape index (κ1) is 14.2. The molecular formula is C13H25N3O. The van der Waals surface area contributed by atoms with Gasteiger partial charge in [-0.15, -0.1) is 10.2 Å². The number of unbranched alkanes of at least 4 members (excludes halogenated alkanes) is 3. The Morgan fingerprint density at radius 2 is 1.71 bits per heavy atom. The lowest BCUT2D eigenvalue weighted by atomic mass is 10.1. The summed E-state index contributed by atoms with van der Waals surface area (Å²) >= 11 is 0. The Morgan fingerprint density at radius 1 is 1.06 bits per heavy atom. The first-order valence-electron chi connectivity index (χ1n) is 6.55. The lowest BCUT2D eigenvalue weighted by Gasteiger charge is -2.24. The molecule has 4 heteroatoms. The van der Waals surface area contributed by atoms with Gasteiger partial charge in [0.15, 0.2) is 5.82 Å². The summed E-state index contributed by atoms with van der Waals surface area (Å²) in [6.07, 6.45) is 5.85. The molecule has 0 saturated heterocycles. The number of nitrogens with zero attached hydrogens (tertiary/aromatic N) is 3. The largest absolute Gasteiger partial charge is 0.388 e. The molecule has 98 valence electrons. The van der Waals surface area contributed by atoms with Gasteiger partial charge >= 0.3 is 0 Å². The van der Waals surface area contributed by atoms with Crippen molar-refractivity contribution in [2.75, 3.05) is 0 Å². The Morgan fingerprint density at radius 3 is 2.24 bits per heavy atom. The van der Waals surface area contributed by atoms with Gasteiger partial charge in [-0.05, 0) is 27.2 Å². The third-order valence-corrected chi connectivity index (χ3v) is 2.86. The zero-order chi connectivity index (χ0) is 12.9. The number of aliphatic hydroxyl groups is 1. The fourth-order valence-corrected chi connectivity index (χ4v) is 2.10. The van der Waals surface area contributed by atoms with E-state index in [1.807, 2.05) is 0 Å². The second-order valence-electron chi connectivity index (χ2n) is 5.51. The monoisotopic (exact) mass is 239 g/mol. The van der Waals surface area contributed by atoms with Gasteiger partial charge in [0, 0.05) is 12.0 Å². The molecule has 0 fully saturated rings. The number of rotatable bonds is 6. The van der Waals surface area contributed by atoms with Crippen molar-refractivity contribution in [1.29, 1.82) is 0 Å². The summed E-state index contributed by atoms with van der Waals surface area (Å²) in [6, 6.07) is 0. The zero-order valence-corrected chi connectivity index (χ0v) is 11.5. The third kappa shape index (κ3) is 3.80. The number of aromatic nitrogens is 3. The molecule has 1 aromatic heterocycles. The summed E-state index contributed by atoms with van der Waals surface area (Å²) < 4.78 is 2.07. The molecule has 0 saturated carbocycles. The Bertz CT molecular complexity index is 339. The van der Waals surface area contributed by atoms with Gasteiger partial charge in [-0.2, -0.15) is 0 Å². The van der Waals surface area contributed by atoms with Crippen molar-refractivity contribution >= 4 is 0 Å². The van der Waals surface area contributed by atoms with Crippen LogP contribution in [0, 0.1) is 0 Å². The predicted octanol–water partition coefficient (Wildman–Crippen LogP) is 2.65. The Balaban J connectivity index is 2.75. The van der Waals surface area contributed by atoms with E-state index in [1.54, 1.807) is 0 Å². The number of aliphatic hydroxyl groups excluding tert-OH is 1. The van der Waals surface area contributed by atoms with E-state index in [-0.39, 0.29) is 12.1 Å². The molecule has 17 heavy (non-hydrogen) atoms. The lowest BCUT2D eigenvalue weighted by Crippen LogP contribution is -2.26. The van der Waals surface area contributed by atoms with Crippen molar-refractivity contribution in [3.05, 3.63) is 11.6 Å². The van der Waals surface area contributed by atoms with E-state index in [1.165, 1.54) is 19.3 Å². The molecule has 0 aliphatic carbocycles. The van der Waals surface area contributed by atoms with Crippen molar-refractivity contribution in [3.63, 3.8) is 0 Å². The second-order valence-corrected chi connectivity index (χ2v) is 5.51. The molecule has 0 bridgehead atoms. The van der Waals surface area contributed by atoms with Gasteiger partial charge in [0.2, 0.25) is 0 Å². The minimum Gasteiger partial charge on any atom is -0.388 e. The topological polar surface area (TPSA) is 50.9 Å². The molecule has 0 aliphatic rings. The highest BCUT2D eigenvalue weighted by atomic mass is 16.3. The fourth-order valence-electron chi connectivity index (χ4n) is 2.10. The molecule has 0 unspecified atom stereocenters. The van der Waals surface area contributed by atoms with Gasteiger partial charge in [-0.25, -0.2) is 0 Å². The molecule has 1 heterocycles. The highest BCUT2D eigenvalue weighted by Crippen LogP contribution is 2.20. The van der Waals surface area contributed by atoms with Crippen LogP contribution in [-0.4, -0.2) is 19.9 Å². The van der Waals surface area contributed by atoms with E-state index in [0.717, 1.165) is 18.7 Å². The fraction of sp³-hybridized carbons (Fsp3) is 0.846. The van der Waals surface area contributed by atoms with Gasteiger partial charge in [-0.3, -0.25) is 0 Å². The zero-order valence-electron chi connectivity index (χ0n) is 11.5. The van der Waals surface area contributed by atoms with Crippen LogP contribution in [0.1, 0.15) is 65.0 Å². The summed E-state index contributed by atoms with van der Waals surface area (Å²) in [5.41, 5.74) is -0.0678. The SMILES string of the molecule is CCCCCCc1nnc(CO)n1C(C)(C)C. The maximum Gasteiger partial charge on any atom is 0.159 e. The second kappa shape index (κ2) is 6.15.